The maximum atomic E-state index is 11.2. The fourth-order valence-electron chi connectivity index (χ4n) is 1.51. The highest BCUT2D eigenvalue weighted by Crippen LogP contribution is 2.28. The zero-order valence-corrected chi connectivity index (χ0v) is 9.55. The van der Waals surface area contributed by atoms with E-state index in [0.717, 1.165) is 12.3 Å². The van der Waals surface area contributed by atoms with Gasteiger partial charge in [-0.15, -0.1) is 0 Å². The van der Waals surface area contributed by atoms with Crippen LogP contribution in [0.4, 0.5) is 11.4 Å². The number of hydrogen-bond acceptors (Lipinski definition) is 8. The molecule has 0 fully saturated rings. The zero-order chi connectivity index (χ0) is 14.9. The summed E-state index contributed by atoms with van der Waals surface area (Å²) in [6.45, 7) is 0. The van der Waals surface area contributed by atoms with Crippen LogP contribution in [0.1, 0.15) is 10.5 Å². The predicted molar refractivity (Wildman–Crippen MR) is 63.2 cm³/mol. The van der Waals surface area contributed by atoms with E-state index in [2.05, 4.69) is 9.97 Å². The molecule has 0 saturated carbocycles. The average molecular weight is 276 g/mol. The lowest BCUT2D eigenvalue weighted by Gasteiger charge is -2.00. The van der Waals surface area contributed by atoms with E-state index in [-0.39, 0.29) is 23.0 Å². The third-order valence-corrected chi connectivity index (χ3v) is 2.38. The molecule has 100 valence electrons. The Kier molecular flexibility index (Phi) is 3.13. The molecule has 0 aliphatic heterocycles. The van der Waals surface area contributed by atoms with Gasteiger partial charge in [-0.25, -0.2) is 4.98 Å². The summed E-state index contributed by atoms with van der Waals surface area (Å²) in [4.78, 5) is 48.8. The van der Waals surface area contributed by atoms with Crippen LogP contribution >= 0.6 is 0 Å². The van der Waals surface area contributed by atoms with Gasteiger partial charge in [-0.3, -0.25) is 34.8 Å². The molecule has 10 heteroatoms. The Hall–Kier alpha value is -3.30. The van der Waals surface area contributed by atoms with Gasteiger partial charge in [-0.2, -0.15) is 0 Å². The Morgan fingerprint density at radius 2 is 1.90 bits per heavy atom. The van der Waals surface area contributed by atoms with Crippen molar-refractivity contribution < 1.29 is 19.4 Å². The Balaban J connectivity index is 2.80. The topological polar surface area (TPSA) is 146 Å². The Morgan fingerprint density at radius 1 is 1.20 bits per heavy atom. The molecular weight excluding hydrogens is 272 g/mol. The maximum Gasteiger partial charge on any atom is 0.303 e. The summed E-state index contributed by atoms with van der Waals surface area (Å²) < 4.78 is 0. The van der Waals surface area contributed by atoms with Crippen molar-refractivity contribution in [3.8, 4) is 0 Å². The van der Waals surface area contributed by atoms with Crippen molar-refractivity contribution in [2.24, 2.45) is 0 Å². The molecule has 0 N–H and O–H groups in total. The van der Waals surface area contributed by atoms with E-state index < -0.39 is 27.0 Å². The zero-order valence-electron chi connectivity index (χ0n) is 9.55. The van der Waals surface area contributed by atoms with Gasteiger partial charge < -0.3 is 0 Å². The van der Waals surface area contributed by atoms with E-state index in [1.807, 2.05) is 0 Å². The quantitative estimate of drug-likeness (QED) is 0.262. The fourth-order valence-corrected chi connectivity index (χ4v) is 1.51. The highest BCUT2D eigenvalue weighted by molar-refractivity contribution is 6.32. The first-order valence-corrected chi connectivity index (χ1v) is 5.03. The number of aromatic nitrogens is 2. The van der Waals surface area contributed by atoms with Gasteiger partial charge in [0.15, 0.2) is 11.8 Å². The number of carbonyl (C=O) groups excluding carboxylic acids is 2. The third kappa shape index (κ3) is 2.16. The molecule has 0 atom stereocenters. The summed E-state index contributed by atoms with van der Waals surface area (Å²) in [6.07, 6.45) is 0.916. The van der Waals surface area contributed by atoms with E-state index in [9.17, 15) is 29.8 Å². The van der Waals surface area contributed by atoms with Crippen molar-refractivity contribution in [2.45, 2.75) is 0 Å². The minimum atomic E-state index is -0.993. The van der Waals surface area contributed by atoms with Crippen LogP contribution in [0.2, 0.25) is 0 Å². The predicted octanol–water partition coefficient (Wildman–Crippen LogP) is 0.828. The SMILES string of the molecule is O=CC(=O)c1cnc2cc([N+](=O)[O-])cc([N+](=O)[O-])c2n1. The minimum Gasteiger partial charge on any atom is -0.294 e. The van der Waals surface area contributed by atoms with E-state index in [4.69, 9.17) is 0 Å². The lowest BCUT2D eigenvalue weighted by atomic mass is 10.2. The van der Waals surface area contributed by atoms with Crippen LogP contribution in [0.5, 0.6) is 0 Å². The molecule has 1 heterocycles. The molecule has 0 amide bonds. The van der Waals surface area contributed by atoms with E-state index in [0.29, 0.717) is 6.07 Å². The van der Waals surface area contributed by atoms with Crippen molar-refractivity contribution >= 4 is 34.5 Å². The molecule has 0 saturated heterocycles. The molecule has 10 nitrogen and oxygen atoms in total. The number of aldehydes is 1. The van der Waals surface area contributed by atoms with Crippen molar-refractivity contribution in [3.05, 3.63) is 44.3 Å². The average Bonchev–Trinajstić information content (AvgIpc) is 2.44. The summed E-state index contributed by atoms with van der Waals surface area (Å²) in [5.74, 6) is -0.993. The normalized spacial score (nSPS) is 10.2. The Labute approximate surface area is 109 Å². The first-order chi connectivity index (χ1) is 9.43. The first kappa shape index (κ1) is 13.1. The van der Waals surface area contributed by atoms with Gasteiger partial charge in [0.25, 0.3) is 5.69 Å². The summed E-state index contributed by atoms with van der Waals surface area (Å²) >= 11 is 0. The van der Waals surface area contributed by atoms with Crippen LogP contribution in [0, 0.1) is 20.2 Å². The Morgan fingerprint density at radius 3 is 2.45 bits per heavy atom. The van der Waals surface area contributed by atoms with Gasteiger partial charge in [0, 0.05) is 6.07 Å². The number of ketones is 1. The number of hydrogen-bond donors (Lipinski definition) is 0. The lowest BCUT2D eigenvalue weighted by molar-refractivity contribution is -0.393. The molecule has 20 heavy (non-hydrogen) atoms. The second kappa shape index (κ2) is 4.76. The molecule has 2 aromatic rings. The molecule has 2 rings (SSSR count). The van der Waals surface area contributed by atoms with E-state index in [1.165, 1.54) is 0 Å². The van der Waals surface area contributed by atoms with E-state index >= 15 is 0 Å². The second-order valence-corrected chi connectivity index (χ2v) is 3.58. The second-order valence-electron chi connectivity index (χ2n) is 3.58. The largest absolute Gasteiger partial charge is 0.303 e. The van der Waals surface area contributed by atoms with Crippen molar-refractivity contribution in [2.75, 3.05) is 0 Å². The number of nitrogens with zero attached hydrogens (tertiary/aromatic N) is 4. The van der Waals surface area contributed by atoms with Crippen LogP contribution in [0.3, 0.4) is 0 Å². The van der Waals surface area contributed by atoms with Crippen LogP contribution in [-0.4, -0.2) is 31.9 Å². The molecule has 0 aliphatic rings. The Bertz CT molecular complexity index is 772. The number of Topliss-reactive ketones (excluding diaryl/α,β-unsaturated/α-hetero) is 1. The summed E-state index contributed by atoms with van der Waals surface area (Å²) in [7, 11) is 0. The fraction of sp³-hybridized carbons (Fsp3) is 0. The van der Waals surface area contributed by atoms with Crippen molar-refractivity contribution in [3.63, 3.8) is 0 Å². The number of nitro groups is 2. The minimum absolute atomic E-state index is 0.00687. The van der Waals surface area contributed by atoms with Crippen LogP contribution in [0.25, 0.3) is 11.0 Å². The third-order valence-electron chi connectivity index (χ3n) is 2.38. The van der Waals surface area contributed by atoms with Gasteiger partial charge in [0.1, 0.15) is 11.2 Å². The standard InChI is InChI=1S/C10H4N4O6/c15-4-9(16)7-3-11-6-1-5(13(17)18)2-8(14(19)20)10(6)12-7/h1-4H. The lowest BCUT2D eigenvalue weighted by Crippen LogP contribution is -2.05. The highest BCUT2D eigenvalue weighted by atomic mass is 16.6. The summed E-state index contributed by atoms with van der Waals surface area (Å²) in [5, 5.41) is 21.6. The van der Waals surface area contributed by atoms with Gasteiger partial charge >= 0.3 is 5.69 Å². The maximum absolute atomic E-state index is 11.2. The van der Waals surface area contributed by atoms with Crippen molar-refractivity contribution in [1.82, 2.24) is 9.97 Å². The molecule has 0 aliphatic carbocycles. The molecule has 0 spiro atoms. The summed E-state index contributed by atoms with van der Waals surface area (Å²) in [6, 6.07) is 1.71. The number of nitro benzene ring substituents is 2. The number of carbonyl (C=O) groups is 2. The summed E-state index contributed by atoms with van der Waals surface area (Å²) in [5.41, 5.74) is -1.97. The molecule has 0 radical (unpaired) electrons. The smallest absolute Gasteiger partial charge is 0.294 e. The van der Waals surface area contributed by atoms with Crippen molar-refractivity contribution in [1.29, 1.82) is 0 Å². The highest BCUT2D eigenvalue weighted by Gasteiger charge is 2.22. The molecule has 0 bridgehead atoms. The molecular formula is C10H4N4O6. The molecule has 1 aromatic heterocycles. The molecule has 1 aromatic carbocycles. The van der Waals surface area contributed by atoms with Gasteiger partial charge in [-0.05, 0) is 0 Å². The van der Waals surface area contributed by atoms with Crippen LogP contribution in [-0.2, 0) is 4.79 Å². The number of fused-ring (bicyclic) bond motifs is 1. The number of non-ortho nitro benzene ring substituents is 2. The van der Waals surface area contributed by atoms with Gasteiger partial charge in [0.2, 0.25) is 5.78 Å². The first-order valence-electron chi connectivity index (χ1n) is 5.03. The van der Waals surface area contributed by atoms with Gasteiger partial charge in [-0.1, -0.05) is 0 Å². The monoisotopic (exact) mass is 276 g/mol. The van der Waals surface area contributed by atoms with Crippen LogP contribution < -0.4 is 0 Å². The van der Waals surface area contributed by atoms with Crippen LogP contribution in [0.15, 0.2) is 18.3 Å². The molecule has 0 unspecified atom stereocenters. The number of rotatable bonds is 4. The van der Waals surface area contributed by atoms with E-state index in [1.54, 1.807) is 0 Å². The number of benzene rings is 1. The van der Waals surface area contributed by atoms with Gasteiger partial charge in [0.05, 0.1) is 22.1 Å².